The van der Waals surface area contributed by atoms with E-state index in [1.807, 2.05) is 12.1 Å². The Morgan fingerprint density at radius 1 is 1.04 bits per heavy atom. The van der Waals surface area contributed by atoms with Gasteiger partial charge >= 0.3 is 0 Å². The summed E-state index contributed by atoms with van der Waals surface area (Å²) in [6.07, 6.45) is 3.72. The largest absolute Gasteiger partial charge is 0.495 e. The number of hydrogen-bond acceptors (Lipinski definition) is 4. The lowest BCUT2D eigenvalue weighted by Gasteiger charge is -2.36. The van der Waals surface area contributed by atoms with Gasteiger partial charge in [-0.2, -0.15) is 0 Å². The molecule has 1 saturated heterocycles. The number of anilines is 2. The Kier molecular flexibility index (Phi) is 5.81. The van der Waals surface area contributed by atoms with Gasteiger partial charge in [0.05, 0.1) is 12.8 Å². The average Bonchev–Trinajstić information content (AvgIpc) is 2.74. The first-order valence-electron chi connectivity index (χ1n) is 10.2. The summed E-state index contributed by atoms with van der Waals surface area (Å²) in [5, 5.41) is 2.96. The maximum absolute atomic E-state index is 11.5. The van der Waals surface area contributed by atoms with Crippen LogP contribution in [0.25, 0.3) is 0 Å². The fourth-order valence-corrected chi connectivity index (χ4v) is 4.20. The minimum Gasteiger partial charge on any atom is -0.495 e. The molecule has 0 atom stereocenters. The smallest absolute Gasteiger partial charge is 0.224 e. The summed E-state index contributed by atoms with van der Waals surface area (Å²) in [7, 11) is 1.74. The van der Waals surface area contributed by atoms with Gasteiger partial charge in [-0.05, 0) is 55.1 Å². The van der Waals surface area contributed by atoms with Gasteiger partial charge in [0, 0.05) is 38.3 Å². The van der Waals surface area contributed by atoms with Gasteiger partial charge in [0.1, 0.15) is 5.75 Å². The van der Waals surface area contributed by atoms with Gasteiger partial charge in [0.25, 0.3) is 0 Å². The van der Waals surface area contributed by atoms with Gasteiger partial charge < -0.3 is 15.0 Å². The molecule has 0 aliphatic carbocycles. The number of nitrogens with zero attached hydrogens (tertiary/aromatic N) is 2. The zero-order valence-corrected chi connectivity index (χ0v) is 16.6. The summed E-state index contributed by atoms with van der Waals surface area (Å²) in [6.45, 7) is 5.40. The van der Waals surface area contributed by atoms with E-state index in [2.05, 4.69) is 45.4 Å². The van der Waals surface area contributed by atoms with Crippen LogP contribution in [0.4, 0.5) is 11.4 Å². The number of hydrogen-bond donors (Lipinski definition) is 1. The molecule has 148 valence electrons. The zero-order valence-electron chi connectivity index (χ0n) is 16.6. The molecule has 5 nitrogen and oxygen atoms in total. The van der Waals surface area contributed by atoms with Crippen LogP contribution in [0.2, 0.25) is 0 Å². The third-order valence-electron chi connectivity index (χ3n) is 5.80. The summed E-state index contributed by atoms with van der Waals surface area (Å²) < 4.78 is 5.51. The van der Waals surface area contributed by atoms with E-state index in [1.54, 1.807) is 7.11 Å². The molecule has 1 fully saturated rings. The number of carbonyl (C=O) groups is 1. The Morgan fingerprint density at radius 2 is 1.86 bits per heavy atom. The van der Waals surface area contributed by atoms with Gasteiger partial charge in [0.2, 0.25) is 5.91 Å². The minimum atomic E-state index is 0.132. The number of benzene rings is 2. The summed E-state index contributed by atoms with van der Waals surface area (Å²) in [5.41, 5.74) is 4.85. The number of nitrogens with one attached hydrogen (secondary N) is 1. The molecule has 1 amide bonds. The zero-order chi connectivity index (χ0) is 19.3. The normalized spacial score (nSPS) is 17.2. The molecule has 0 unspecified atom stereocenters. The SMILES string of the molecule is COc1ccccc1N1CCN(CCCc2ccc3c(c2)CCC(=O)N3)CC1. The molecule has 28 heavy (non-hydrogen) atoms. The van der Waals surface area contributed by atoms with Crippen molar-refractivity contribution < 1.29 is 9.53 Å². The predicted molar refractivity (Wildman–Crippen MR) is 113 cm³/mol. The topological polar surface area (TPSA) is 44.8 Å². The van der Waals surface area contributed by atoms with Gasteiger partial charge in [-0.3, -0.25) is 9.69 Å². The Morgan fingerprint density at radius 3 is 2.68 bits per heavy atom. The van der Waals surface area contributed by atoms with Crippen molar-refractivity contribution >= 4 is 17.3 Å². The van der Waals surface area contributed by atoms with Crippen molar-refractivity contribution in [3.8, 4) is 5.75 Å². The molecule has 0 spiro atoms. The summed E-state index contributed by atoms with van der Waals surface area (Å²) in [6, 6.07) is 14.8. The monoisotopic (exact) mass is 379 g/mol. The predicted octanol–water partition coefficient (Wildman–Crippen LogP) is 3.33. The Labute approximate surface area is 167 Å². The highest BCUT2D eigenvalue weighted by atomic mass is 16.5. The van der Waals surface area contributed by atoms with Crippen molar-refractivity contribution in [3.63, 3.8) is 0 Å². The standard InChI is InChI=1S/C23H29N3O2/c1-28-22-7-3-2-6-21(22)26-15-13-25(14-16-26)12-4-5-18-8-10-20-19(17-18)9-11-23(27)24-20/h2-3,6-8,10,17H,4-5,9,11-16H2,1H3,(H,24,27). The van der Waals surface area contributed by atoms with Gasteiger partial charge in [-0.15, -0.1) is 0 Å². The highest BCUT2D eigenvalue weighted by Gasteiger charge is 2.19. The molecule has 5 heteroatoms. The molecule has 0 saturated carbocycles. The first-order valence-corrected chi connectivity index (χ1v) is 10.2. The molecule has 0 aromatic heterocycles. The van der Waals surface area contributed by atoms with Crippen LogP contribution in [-0.2, 0) is 17.6 Å². The second kappa shape index (κ2) is 8.65. The van der Waals surface area contributed by atoms with Crippen molar-refractivity contribution in [2.45, 2.75) is 25.7 Å². The third kappa shape index (κ3) is 4.30. The van der Waals surface area contributed by atoms with Crippen LogP contribution in [0.3, 0.4) is 0 Å². The number of ether oxygens (including phenoxy) is 1. The number of rotatable bonds is 6. The fraction of sp³-hybridized carbons (Fsp3) is 0.435. The average molecular weight is 380 g/mol. The number of fused-ring (bicyclic) bond motifs is 1. The molecule has 2 aliphatic rings. The molecule has 1 N–H and O–H groups in total. The molecule has 0 bridgehead atoms. The van der Waals surface area contributed by atoms with Gasteiger partial charge in [-0.1, -0.05) is 24.3 Å². The highest BCUT2D eigenvalue weighted by Crippen LogP contribution is 2.28. The van der Waals surface area contributed by atoms with E-state index < -0.39 is 0 Å². The van der Waals surface area contributed by atoms with Crippen LogP contribution in [0, 0.1) is 0 Å². The van der Waals surface area contributed by atoms with Crippen LogP contribution < -0.4 is 15.0 Å². The maximum atomic E-state index is 11.5. The lowest BCUT2D eigenvalue weighted by Crippen LogP contribution is -2.46. The van der Waals surface area contributed by atoms with Crippen molar-refractivity contribution in [1.82, 2.24) is 4.90 Å². The maximum Gasteiger partial charge on any atom is 0.224 e. The summed E-state index contributed by atoms with van der Waals surface area (Å²) in [4.78, 5) is 16.5. The first-order chi connectivity index (χ1) is 13.7. The molecule has 2 heterocycles. The molecule has 0 radical (unpaired) electrons. The second-order valence-corrected chi connectivity index (χ2v) is 7.64. The van der Waals surface area contributed by atoms with Crippen molar-refractivity contribution in [2.75, 3.05) is 50.1 Å². The number of carbonyl (C=O) groups excluding carboxylic acids is 1. The van der Waals surface area contributed by atoms with Crippen LogP contribution in [0.5, 0.6) is 5.75 Å². The lowest BCUT2D eigenvalue weighted by molar-refractivity contribution is -0.116. The van der Waals surface area contributed by atoms with E-state index in [1.165, 1.54) is 23.2 Å². The molecule has 4 rings (SSSR count). The van der Waals surface area contributed by atoms with Crippen molar-refractivity contribution in [2.24, 2.45) is 0 Å². The molecular formula is C23H29N3O2. The molecule has 2 aliphatic heterocycles. The van der Waals surface area contributed by atoms with Crippen molar-refractivity contribution in [3.05, 3.63) is 53.6 Å². The quantitative estimate of drug-likeness (QED) is 0.836. The van der Waals surface area contributed by atoms with E-state index in [0.29, 0.717) is 6.42 Å². The molecular weight excluding hydrogens is 350 g/mol. The number of para-hydroxylation sites is 2. The minimum absolute atomic E-state index is 0.132. The van der Waals surface area contributed by atoms with E-state index in [9.17, 15) is 4.79 Å². The molecule has 2 aromatic carbocycles. The second-order valence-electron chi connectivity index (χ2n) is 7.64. The van der Waals surface area contributed by atoms with Crippen LogP contribution >= 0.6 is 0 Å². The Balaban J connectivity index is 1.24. The van der Waals surface area contributed by atoms with E-state index >= 15 is 0 Å². The summed E-state index contributed by atoms with van der Waals surface area (Å²) in [5.74, 6) is 1.09. The number of aryl methyl sites for hydroxylation is 2. The fourth-order valence-electron chi connectivity index (χ4n) is 4.20. The third-order valence-corrected chi connectivity index (χ3v) is 5.80. The van der Waals surface area contributed by atoms with Crippen LogP contribution in [-0.4, -0.2) is 50.6 Å². The van der Waals surface area contributed by atoms with Crippen LogP contribution in [0.1, 0.15) is 24.0 Å². The Hall–Kier alpha value is -2.53. The lowest BCUT2D eigenvalue weighted by atomic mass is 9.98. The van der Waals surface area contributed by atoms with Crippen molar-refractivity contribution in [1.29, 1.82) is 0 Å². The number of piperazine rings is 1. The van der Waals surface area contributed by atoms with E-state index in [0.717, 1.165) is 57.0 Å². The molecule has 2 aromatic rings. The number of amides is 1. The van der Waals surface area contributed by atoms with Crippen LogP contribution in [0.15, 0.2) is 42.5 Å². The summed E-state index contributed by atoms with van der Waals surface area (Å²) >= 11 is 0. The number of methoxy groups -OCH3 is 1. The van der Waals surface area contributed by atoms with Gasteiger partial charge in [-0.25, -0.2) is 0 Å². The van der Waals surface area contributed by atoms with Gasteiger partial charge in [0.15, 0.2) is 0 Å². The Bertz CT molecular complexity index is 828. The van der Waals surface area contributed by atoms with E-state index in [-0.39, 0.29) is 5.91 Å². The highest BCUT2D eigenvalue weighted by molar-refractivity contribution is 5.93. The first kappa shape index (κ1) is 18.8. The van der Waals surface area contributed by atoms with E-state index in [4.69, 9.17) is 4.74 Å².